The fourth-order valence-corrected chi connectivity index (χ4v) is 2.68. The topological polar surface area (TPSA) is 47.0 Å². The Labute approximate surface area is 106 Å². The summed E-state index contributed by atoms with van der Waals surface area (Å²) in [5.74, 6) is 1.55. The van der Waals surface area contributed by atoms with Gasteiger partial charge >= 0.3 is 0 Å². The van der Waals surface area contributed by atoms with E-state index in [4.69, 9.17) is 16.3 Å². The second-order valence-electron chi connectivity index (χ2n) is 4.88. The molecular weight excluding hydrogens is 238 g/mol. The van der Waals surface area contributed by atoms with E-state index >= 15 is 0 Å². The first-order chi connectivity index (χ1) is 8.22. The SMILES string of the molecule is Cc1cc(NC2CCOC2C2CC2)nc(Cl)n1. The Morgan fingerprint density at radius 2 is 2.18 bits per heavy atom. The number of aryl methyl sites for hydroxylation is 1. The van der Waals surface area contributed by atoms with Crippen molar-refractivity contribution in [3.8, 4) is 0 Å². The van der Waals surface area contributed by atoms with Gasteiger partial charge in [0.1, 0.15) is 5.82 Å². The van der Waals surface area contributed by atoms with Crippen LogP contribution in [0.4, 0.5) is 5.82 Å². The third-order valence-corrected chi connectivity index (χ3v) is 3.55. The molecule has 0 radical (unpaired) electrons. The van der Waals surface area contributed by atoms with Gasteiger partial charge in [0, 0.05) is 18.4 Å². The Hall–Kier alpha value is -0.870. The van der Waals surface area contributed by atoms with Crippen LogP contribution < -0.4 is 5.32 Å². The number of hydrogen-bond donors (Lipinski definition) is 1. The van der Waals surface area contributed by atoms with Gasteiger partial charge in [-0.3, -0.25) is 0 Å². The number of ether oxygens (including phenoxy) is 1. The van der Waals surface area contributed by atoms with Gasteiger partial charge in [0.2, 0.25) is 5.28 Å². The molecule has 1 saturated heterocycles. The summed E-state index contributed by atoms with van der Waals surface area (Å²) in [5.41, 5.74) is 0.884. The molecule has 17 heavy (non-hydrogen) atoms. The van der Waals surface area contributed by atoms with Crippen molar-refractivity contribution in [1.82, 2.24) is 9.97 Å². The molecule has 2 unspecified atom stereocenters. The molecule has 1 aliphatic heterocycles. The predicted molar refractivity (Wildman–Crippen MR) is 66.3 cm³/mol. The number of aromatic nitrogens is 2. The van der Waals surface area contributed by atoms with Crippen LogP contribution >= 0.6 is 11.6 Å². The zero-order valence-electron chi connectivity index (χ0n) is 9.82. The first-order valence-corrected chi connectivity index (χ1v) is 6.49. The van der Waals surface area contributed by atoms with E-state index in [0.29, 0.717) is 17.4 Å². The van der Waals surface area contributed by atoms with Gasteiger partial charge in [-0.05, 0) is 43.7 Å². The zero-order chi connectivity index (χ0) is 11.8. The molecule has 2 aliphatic rings. The average molecular weight is 254 g/mol. The third-order valence-electron chi connectivity index (χ3n) is 3.38. The molecule has 4 nitrogen and oxygen atoms in total. The molecular formula is C12H16ClN3O. The van der Waals surface area contributed by atoms with Crippen LogP contribution in [0.5, 0.6) is 0 Å². The van der Waals surface area contributed by atoms with E-state index < -0.39 is 0 Å². The van der Waals surface area contributed by atoms with Gasteiger partial charge in [-0.25, -0.2) is 9.97 Å². The maximum absolute atomic E-state index is 5.85. The summed E-state index contributed by atoms with van der Waals surface area (Å²) in [5, 5.41) is 3.73. The molecule has 0 spiro atoms. The number of nitrogens with one attached hydrogen (secondary N) is 1. The smallest absolute Gasteiger partial charge is 0.224 e. The summed E-state index contributed by atoms with van der Waals surface area (Å²) in [7, 11) is 0. The van der Waals surface area contributed by atoms with Crippen molar-refractivity contribution in [2.45, 2.75) is 38.3 Å². The van der Waals surface area contributed by atoms with Gasteiger partial charge in [0.05, 0.1) is 12.1 Å². The molecule has 1 N–H and O–H groups in total. The molecule has 2 fully saturated rings. The molecule has 3 rings (SSSR count). The normalized spacial score (nSPS) is 28.4. The predicted octanol–water partition coefficient (Wildman–Crippen LogP) is 2.42. The second-order valence-corrected chi connectivity index (χ2v) is 5.21. The minimum atomic E-state index is 0.300. The zero-order valence-corrected chi connectivity index (χ0v) is 10.6. The van der Waals surface area contributed by atoms with Crippen LogP contribution in [0.3, 0.4) is 0 Å². The van der Waals surface area contributed by atoms with Crippen LogP contribution in [0, 0.1) is 12.8 Å². The monoisotopic (exact) mass is 253 g/mol. The fourth-order valence-electron chi connectivity index (χ4n) is 2.45. The molecule has 92 valence electrons. The standard InChI is InChI=1S/C12H16ClN3O/c1-7-6-10(16-12(13)14-7)15-9-4-5-17-11(9)8-2-3-8/h6,8-9,11H,2-5H2,1H3,(H,14,15,16). The lowest BCUT2D eigenvalue weighted by Crippen LogP contribution is -2.31. The van der Waals surface area contributed by atoms with Crippen LogP contribution in [0.25, 0.3) is 0 Å². The Balaban J connectivity index is 1.72. The van der Waals surface area contributed by atoms with Crippen LogP contribution in [-0.4, -0.2) is 28.7 Å². The number of halogens is 1. The lowest BCUT2D eigenvalue weighted by molar-refractivity contribution is 0.0898. The van der Waals surface area contributed by atoms with E-state index in [2.05, 4.69) is 15.3 Å². The van der Waals surface area contributed by atoms with E-state index in [1.165, 1.54) is 12.8 Å². The maximum Gasteiger partial charge on any atom is 0.224 e. The number of nitrogens with zero attached hydrogens (tertiary/aromatic N) is 2. The molecule has 1 aromatic rings. The first-order valence-electron chi connectivity index (χ1n) is 6.12. The number of hydrogen-bond acceptors (Lipinski definition) is 4. The van der Waals surface area contributed by atoms with E-state index in [-0.39, 0.29) is 0 Å². The van der Waals surface area contributed by atoms with Crippen molar-refractivity contribution >= 4 is 17.4 Å². The summed E-state index contributed by atoms with van der Waals surface area (Å²) in [4.78, 5) is 8.26. The molecule has 5 heteroatoms. The molecule has 2 atom stereocenters. The Kier molecular flexibility index (Phi) is 2.92. The summed E-state index contributed by atoms with van der Waals surface area (Å²) in [6, 6.07) is 2.29. The van der Waals surface area contributed by atoms with Gasteiger partial charge in [-0.15, -0.1) is 0 Å². The number of rotatable bonds is 3. The van der Waals surface area contributed by atoms with Crippen LogP contribution in [0.15, 0.2) is 6.07 Å². The van der Waals surface area contributed by atoms with Crippen molar-refractivity contribution in [2.24, 2.45) is 5.92 Å². The highest BCUT2D eigenvalue weighted by Gasteiger charge is 2.40. The molecule has 0 aromatic carbocycles. The highest BCUT2D eigenvalue weighted by Crippen LogP contribution is 2.39. The van der Waals surface area contributed by atoms with Crippen LogP contribution in [0.2, 0.25) is 5.28 Å². The Morgan fingerprint density at radius 3 is 2.88 bits per heavy atom. The third kappa shape index (κ3) is 2.53. The lowest BCUT2D eigenvalue weighted by Gasteiger charge is -2.20. The number of anilines is 1. The lowest BCUT2D eigenvalue weighted by atomic mass is 10.1. The summed E-state index contributed by atoms with van der Waals surface area (Å²) in [6.07, 6.45) is 3.99. The highest BCUT2D eigenvalue weighted by molar-refractivity contribution is 6.28. The first kappa shape index (κ1) is 11.2. The van der Waals surface area contributed by atoms with Crippen LogP contribution in [-0.2, 0) is 4.74 Å². The molecule has 2 heterocycles. The second kappa shape index (κ2) is 4.42. The summed E-state index contributed by atoms with van der Waals surface area (Å²) >= 11 is 5.85. The molecule has 1 saturated carbocycles. The van der Waals surface area contributed by atoms with Gasteiger partial charge in [-0.1, -0.05) is 0 Å². The molecule has 0 amide bonds. The van der Waals surface area contributed by atoms with Gasteiger partial charge in [0.15, 0.2) is 0 Å². The molecule has 1 aliphatic carbocycles. The van der Waals surface area contributed by atoms with Crippen molar-refractivity contribution < 1.29 is 4.74 Å². The maximum atomic E-state index is 5.85. The quantitative estimate of drug-likeness (QED) is 0.841. The van der Waals surface area contributed by atoms with E-state index in [1.807, 2.05) is 13.0 Å². The van der Waals surface area contributed by atoms with Gasteiger partial charge in [0.25, 0.3) is 0 Å². The Morgan fingerprint density at radius 1 is 1.35 bits per heavy atom. The van der Waals surface area contributed by atoms with Crippen molar-refractivity contribution in [3.63, 3.8) is 0 Å². The summed E-state index contributed by atoms with van der Waals surface area (Å²) < 4.78 is 5.78. The average Bonchev–Trinajstić information content (AvgIpc) is 2.99. The summed E-state index contributed by atoms with van der Waals surface area (Å²) in [6.45, 7) is 2.76. The van der Waals surface area contributed by atoms with Crippen molar-refractivity contribution in [1.29, 1.82) is 0 Å². The van der Waals surface area contributed by atoms with Crippen LogP contribution in [0.1, 0.15) is 25.0 Å². The highest BCUT2D eigenvalue weighted by atomic mass is 35.5. The van der Waals surface area contributed by atoms with Crippen molar-refractivity contribution in [3.05, 3.63) is 17.0 Å². The van der Waals surface area contributed by atoms with Gasteiger partial charge in [-0.2, -0.15) is 0 Å². The Bertz CT molecular complexity index is 402. The fraction of sp³-hybridized carbons (Fsp3) is 0.667. The minimum absolute atomic E-state index is 0.300. The largest absolute Gasteiger partial charge is 0.376 e. The van der Waals surface area contributed by atoms with E-state index in [0.717, 1.165) is 30.5 Å². The molecule has 1 aromatic heterocycles. The van der Waals surface area contributed by atoms with E-state index in [1.54, 1.807) is 0 Å². The van der Waals surface area contributed by atoms with Gasteiger partial charge < -0.3 is 10.1 Å². The molecule has 0 bridgehead atoms. The minimum Gasteiger partial charge on any atom is -0.376 e. The van der Waals surface area contributed by atoms with Crippen molar-refractivity contribution in [2.75, 3.05) is 11.9 Å². The van der Waals surface area contributed by atoms with E-state index in [9.17, 15) is 0 Å².